The fourth-order valence-electron chi connectivity index (χ4n) is 3.17. The second-order valence-electron chi connectivity index (χ2n) is 8.33. The zero-order valence-corrected chi connectivity index (χ0v) is 18.9. The molecule has 3 nitrogen and oxygen atoms in total. The Morgan fingerprint density at radius 1 is 0.867 bits per heavy atom. The van der Waals surface area contributed by atoms with Crippen LogP contribution in [0.15, 0.2) is 45.7 Å². The lowest BCUT2D eigenvalue weighted by atomic mass is 9.89. The number of benzene rings is 2. The van der Waals surface area contributed by atoms with Gasteiger partial charge in [0.2, 0.25) is 0 Å². The minimum Gasteiger partial charge on any atom is -0.199 e. The molecular weight excluding hydrogens is 411 g/mol. The summed E-state index contributed by atoms with van der Waals surface area (Å²) in [5.74, 6) is 0.106. The van der Waals surface area contributed by atoms with Gasteiger partial charge in [-0.1, -0.05) is 65.8 Å². The van der Waals surface area contributed by atoms with Gasteiger partial charge in [0.1, 0.15) is 0 Å². The van der Waals surface area contributed by atoms with E-state index in [0.717, 1.165) is 23.9 Å². The summed E-state index contributed by atoms with van der Waals surface area (Å²) in [4.78, 5) is 0.153. The Morgan fingerprint density at radius 2 is 1.40 bits per heavy atom. The summed E-state index contributed by atoms with van der Waals surface area (Å²) in [6, 6.07) is 8.23. The number of nitrogens with zero attached hydrogens (tertiary/aromatic N) is 1. The standard InChI is InChI=1S/C23H28F3NO2S/c1-14(2)18-11-20(15(3)4)22(21(12-18)16(5)6)30(28,29)27-13-17-8-7-9-19(10-17)23(24,25)26/h7-16H,1-6H3. The highest BCUT2D eigenvalue weighted by Crippen LogP contribution is 2.36. The van der Waals surface area contributed by atoms with Crippen LogP contribution in [0.2, 0.25) is 0 Å². The average molecular weight is 440 g/mol. The third-order valence-corrected chi connectivity index (χ3v) is 6.26. The molecule has 0 aromatic heterocycles. The van der Waals surface area contributed by atoms with E-state index in [9.17, 15) is 21.6 Å². The van der Waals surface area contributed by atoms with Crippen LogP contribution >= 0.6 is 0 Å². The van der Waals surface area contributed by atoms with Crippen LogP contribution < -0.4 is 0 Å². The fraction of sp³-hybridized carbons (Fsp3) is 0.435. The molecule has 7 heteroatoms. The summed E-state index contributed by atoms with van der Waals surface area (Å²) in [7, 11) is -4.11. The van der Waals surface area contributed by atoms with Gasteiger partial charge in [-0.3, -0.25) is 0 Å². The van der Waals surface area contributed by atoms with Crippen molar-refractivity contribution in [3.63, 3.8) is 0 Å². The van der Waals surface area contributed by atoms with Gasteiger partial charge in [-0.25, -0.2) is 0 Å². The second-order valence-corrected chi connectivity index (χ2v) is 9.89. The van der Waals surface area contributed by atoms with Crippen LogP contribution in [0.1, 0.15) is 87.1 Å². The third kappa shape index (κ3) is 5.50. The topological polar surface area (TPSA) is 46.5 Å². The molecule has 0 aliphatic carbocycles. The lowest BCUT2D eigenvalue weighted by Gasteiger charge is -2.21. The molecule has 2 aromatic carbocycles. The number of alkyl halides is 3. The molecule has 0 radical (unpaired) electrons. The van der Waals surface area contributed by atoms with Gasteiger partial charge in [-0.2, -0.15) is 26.0 Å². The first-order valence-electron chi connectivity index (χ1n) is 9.89. The van der Waals surface area contributed by atoms with Gasteiger partial charge >= 0.3 is 6.18 Å². The fourth-order valence-corrected chi connectivity index (χ4v) is 4.72. The molecule has 0 saturated carbocycles. The smallest absolute Gasteiger partial charge is 0.199 e. The van der Waals surface area contributed by atoms with E-state index in [1.54, 1.807) is 0 Å². The van der Waals surface area contributed by atoms with E-state index in [0.29, 0.717) is 11.1 Å². The number of rotatable bonds is 6. The molecule has 0 fully saturated rings. The van der Waals surface area contributed by atoms with Crippen molar-refractivity contribution in [3.05, 3.63) is 64.2 Å². The second kappa shape index (κ2) is 8.92. The first kappa shape index (κ1) is 24.1. The Balaban J connectivity index is 2.63. The highest BCUT2D eigenvalue weighted by Gasteiger charge is 2.30. The van der Waals surface area contributed by atoms with Crippen molar-refractivity contribution in [1.82, 2.24) is 0 Å². The van der Waals surface area contributed by atoms with Crippen LogP contribution in [0.4, 0.5) is 13.2 Å². The van der Waals surface area contributed by atoms with E-state index in [1.807, 2.05) is 53.7 Å². The van der Waals surface area contributed by atoms with Crippen LogP contribution in [-0.2, 0) is 16.2 Å². The molecule has 0 heterocycles. The number of hydrogen-bond donors (Lipinski definition) is 0. The van der Waals surface area contributed by atoms with Crippen LogP contribution in [0.25, 0.3) is 0 Å². The van der Waals surface area contributed by atoms with E-state index in [1.165, 1.54) is 12.1 Å². The molecule has 2 rings (SSSR count). The highest BCUT2D eigenvalue weighted by atomic mass is 32.2. The Kier molecular flexibility index (Phi) is 7.17. The Bertz CT molecular complexity index is 1010. The lowest BCUT2D eigenvalue weighted by Crippen LogP contribution is -2.11. The van der Waals surface area contributed by atoms with Crippen molar-refractivity contribution in [2.24, 2.45) is 4.40 Å². The highest BCUT2D eigenvalue weighted by molar-refractivity contribution is 7.90. The average Bonchev–Trinajstić information content (AvgIpc) is 2.64. The normalized spacial score (nSPS) is 13.2. The van der Waals surface area contributed by atoms with Crippen molar-refractivity contribution in [2.75, 3.05) is 0 Å². The largest absolute Gasteiger partial charge is 0.416 e. The van der Waals surface area contributed by atoms with Gasteiger partial charge in [0.05, 0.1) is 10.5 Å². The van der Waals surface area contributed by atoms with Crippen LogP contribution in [0.5, 0.6) is 0 Å². The number of sulfonamides is 1. The van der Waals surface area contributed by atoms with Gasteiger partial charge in [-0.15, -0.1) is 0 Å². The molecule has 0 unspecified atom stereocenters. The third-order valence-electron chi connectivity index (χ3n) is 4.89. The summed E-state index contributed by atoms with van der Waals surface area (Å²) >= 11 is 0. The van der Waals surface area contributed by atoms with Gasteiger partial charge in [0.15, 0.2) is 0 Å². The molecular formula is C23H28F3NO2S. The molecule has 0 saturated heterocycles. The molecule has 0 amide bonds. The van der Waals surface area contributed by atoms with E-state index in [-0.39, 0.29) is 28.2 Å². The number of halogens is 3. The van der Waals surface area contributed by atoms with Crippen LogP contribution in [-0.4, -0.2) is 14.6 Å². The van der Waals surface area contributed by atoms with E-state index in [2.05, 4.69) is 4.40 Å². The summed E-state index contributed by atoms with van der Waals surface area (Å²) in [6.07, 6.45) is -3.53. The molecule has 0 N–H and O–H groups in total. The van der Waals surface area contributed by atoms with Crippen molar-refractivity contribution < 1.29 is 21.6 Å². The first-order chi connectivity index (χ1) is 13.7. The molecule has 0 aliphatic rings. The van der Waals surface area contributed by atoms with E-state index < -0.39 is 21.8 Å². The summed E-state index contributed by atoms with van der Waals surface area (Å²) < 4.78 is 69.0. The molecule has 164 valence electrons. The maximum absolute atomic E-state index is 13.2. The van der Waals surface area contributed by atoms with Crippen molar-refractivity contribution in [3.8, 4) is 0 Å². The van der Waals surface area contributed by atoms with Gasteiger partial charge in [-0.05, 0) is 52.1 Å². The van der Waals surface area contributed by atoms with Crippen molar-refractivity contribution in [1.29, 1.82) is 0 Å². The Labute approximate surface area is 177 Å². The Morgan fingerprint density at radius 3 is 1.83 bits per heavy atom. The maximum atomic E-state index is 13.2. The molecule has 0 atom stereocenters. The quantitative estimate of drug-likeness (QED) is 0.460. The van der Waals surface area contributed by atoms with Gasteiger partial charge < -0.3 is 0 Å². The van der Waals surface area contributed by atoms with Gasteiger partial charge in [0, 0.05) is 6.21 Å². The minimum atomic E-state index is -4.51. The molecule has 0 bridgehead atoms. The lowest BCUT2D eigenvalue weighted by molar-refractivity contribution is -0.137. The zero-order chi connectivity index (χ0) is 22.9. The summed E-state index contributed by atoms with van der Waals surface area (Å²) in [5, 5.41) is 0. The van der Waals surface area contributed by atoms with Crippen LogP contribution in [0.3, 0.4) is 0 Å². The molecule has 0 spiro atoms. The minimum absolute atomic E-state index is 0.0604. The maximum Gasteiger partial charge on any atom is 0.416 e. The van der Waals surface area contributed by atoms with Gasteiger partial charge in [0.25, 0.3) is 10.0 Å². The van der Waals surface area contributed by atoms with E-state index in [4.69, 9.17) is 0 Å². The zero-order valence-electron chi connectivity index (χ0n) is 18.1. The molecule has 30 heavy (non-hydrogen) atoms. The molecule has 2 aromatic rings. The molecule has 0 aliphatic heterocycles. The summed E-state index contributed by atoms with van der Waals surface area (Å²) in [6.45, 7) is 11.8. The van der Waals surface area contributed by atoms with Crippen molar-refractivity contribution >= 4 is 16.2 Å². The van der Waals surface area contributed by atoms with Crippen molar-refractivity contribution in [2.45, 2.75) is 70.4 Å². The van der Waals surface area contributed by atoms with E-state index >= 15 is 0 Å². The Hall–Kier alpha value is -2.15. The SMILES string of the molecule is CC(C)c1cc(C(C)C)c(S(=O)(=O)N=Cc2cccc(C(F)(F)F)c2)c(C(C)C)c1. The van der Waals surface area contributed by atoms with Crippen LogP contribution in [0, 0.1) is 0 Å². The number of hydrogen-bond acceptors (Lipinski definition) is 2. The summed E-state index contributed by atoms with van der Waals surface area (Å²) in [5.41, 5.74) is 1.61. The first-order valence-corrected chi connectivity index (χ1v) is 11.3. The predicted molar refractivity (Wildman–Crippen MR) is 115 cm³/mol. The predicted octanol–water partition coefficient (Wildman–Crippen LogP) is 6.88. The monoisotopic (exact) mass is 439 g/mol.